The lowest BCUT2D eigenvalue weighted by Gasteiger charge is -2.31. The van der Waals surface area contributed by atoms with Crippen LogP contribution in [0, 0.1) is 0 Å². The van der Waals surface area contributed by atoms with Gasteiger partial charge in [-0.1, -0.05) is 25.0 Å². The first-order valence-electron chi connectivity index (χ1n) is 7.09. The molecule has 1 aromatic rings. The number of nitrogens with one attached hydrogen (secondary N) is 1. The highest BCUT2D eigenvalue weighted by Crippen LogP contribution is 2.36. The molecule has 1 aromatic carbocycles. The molecule has 1 aliphatic carbocycles. The van der Waals surface area contributed by atoms with Gasteiger partial charge in [0.15, 0.2) is 0 Å². The predicted octanol–water partition coefficient (Wildman–Crippen LogP) is 5.06. The molecule has 0 aliphatic heterocycles. The average molecular weight is 335 g/mol. The van der Waals surface area contributed by atoms with E-state index >= 15 is 0 Å². The molecule has 2 rings (SSSR count). The second-order valence-corrected chi connectivity index (χ2v) is 7.45. The fourth-order valence-corrected chi connectivity index (χ4v) is 4.17. The van der Waals surface area contributed by atoms with Gasteiger partial charge in [0.2, 0.25) is 0 Å². The molecule has 2 atom stereocenters. The summed E-state index contributed by atoms with van der Waals surface area (Å²) in [5.41, 5.74) is -3.18. The van der Waals surface area contributed by atoms with Crippen molar-refractivity contribution in [3.05, 3.63) is 29.8 Å². The van der Waals surface area contributed by atoms with Crippen molar-refractivity contribution >= 4 is 23.5 Å². The summed E-state index contributed by atoms with van der Waals surface area (Å²) in [4.78, 5) is 0.242. The summed E-state index contributed by atoms with van der Waals surface area (Å²) in [6, 6.07) is 7.15. The molecule has 2 unspecified atom stereocenters. The molecule has 0 heterocycles. The lowest BCUT2D eigenvalue weighted by atomic mass is 9.94. The molecule has 0 bridgehead atoms. The molecule has 0 saturated heterocycles. The Morgan fingerprint density at radius 2 is 1.81 bits per heavy atom. The van der Waals surface area contributed by atoms with Crippen molar-refractivity contribution in [3.63, 3.8) is 0 Å². The van der Waals surface area contributed by atoms with E-state index in [1.165, 1.54) is 25.7 Å². The molecular formula is C15H20F3NS2. The maximum absolute atomic E-state index is 12.3. The van der Waals surface area contributed by atoms with Crippen LogP contribution in [0.15, 0.2) is 29.2 Å². The van der Waals surface area contributed by atoms with Gasteiger partial charge >= 0.3 is 5.51 Å². The summed E-state index contributed by atoms with van der Waals surface area (Å²) in [5, 5.41) is 4.21. The first kappa shape index (κ1) is 17.0. The highest BCUT2D eigenvalue weighted by molar-refractivity contribution is 8.00. The lowest BCUT2D eigenvalue weighted by Crippen LogP contribution is -2.39. The van der Waals surface area contributed by atoms with Crippen LogP contribution in [0.2, 0.25) is 0 Å². The van der Waals surface area contributed by atoms with Gasteiger partial charge in [0.25, 0.3) is 0 Å². The van der Waals surface area contributed by atoms with Crippen LogP contribution < -0.4 is 5.32 Å². The molecule has 21 heavy (non-hydrogen) atoms. The summed E-state index contributed by atoms with van der Waals surface area (Å²) < 4.78 is 36.8. The van der Waals surface area contributed by atoms with Gasteiger partial charge in [-0.25, -0.2) is 0 Å². The van der Waals surface area contributed by atoms with E-state index in [-0.39, 0.29) is 16.7 Å². The number of benzene rings is 1. The molecule has 118 valence electrons. The van der Waals surface area contributed by atoms with E-state index in [1.807, 2.05) is 11.8 Å². The number of rotatable bonds is 5. The zero-order valence-electron chi connectivity index (χ0n) is 12.0. The van der Waals surface area contributed by atoms with Gasteiger partial charge in [-0.15, -0.1) is 0 Å². The molecule has 1 fully saturated rings. The van der Waals surface area contributed by atoms with Gasteiger partial charge in [-0.2, -0.15) is 24.9 Å². The van der Waals surface area contributed by atoms with Crippen LogP contribution in [0.1, 0.15) is 31.2 Å². The molecule has 1 nitrogen and oxygen atoms in total. The summed E-state index contributed by atoms with van der Waals surface area (Å²) in [6.45, 7) is 0.721. The third-order valence-electron chi connectivity index (χ3n) is 3.73. The molecule has 0 aromatic heterocycles. The minimum Gasteiger partial charge on any atom is -0.309 e. The molecule has 0 amide bonds. The fraction of sp³-hybridized carbons (Fsp3) is 0.600. The van der Waals surface area contributed by atoms with Crippen LogP contribution in [0.5, 0.6) is 0 Å². The lowest BCUT2D eigenvalue weighted by molar-refractivity contribution is -0.0328. The number of alkyl halides is 3. The van der Waals surface area contributed by atoms with Crippen LogP contribution in [-0.4, -0.2) is 23.1 Å². The molecule has 0 radical (unpaired) electrons. The SMILES string of the molecule is CSC1CCCCC1NCc1ccc(SC(F)(F)F)cc1. The minimum atomic E-state index is -4.21. The van der Waals surface area contributed by atoms with Crippen LogP contribution in [-0.2, 0) is 6.54 Å². The summed E-state index contributed by atoms with van der Waals surface area (Å²) in [6.07, 6.45) is 7.14. The number of hydrogen-bond acceptors (Lipinski definition) is 3. The van der Waals surface area contributed by atoms with E-state index in [0.717, 1.165) is 12.1 Å². The summed E-state index contributed by atoms with van der Waals surface area (Å²) in [5.74, 6) is 0. The van der Waals surface area contributed by atoms with E-state index in [9.17, 15) is 13.2 Å². The van der Waals surface area contributed by atoms with E-state index in [0.29, 0.717) is 11.3 Å². The maximum atomic E-state index is 12.3. The van der Waals surface area contributed by atoms with Gasteiger partial charge in [0.05, 0.1) is 0 Å². The first-order valence-corrected chi connectivity index (χ1v) is 9.19. The monoisotopic (exact) mass is 335 g/mol. The van der Waals surface area contributed by atoms with Gasteiger partial charge in [-0.05, 0) is 48.6 Å². The third kappa shape index (κ3) is 5.75. The Bertz CT molecular complexity index is 434. The zero-order valence-corrected chi connectivity index (χ0v) is 13.6. The highest BCUT2D eigenvalue weighted by Gasteiger charge is 2.29. The van der Waals surface area contributed by atoms with Gasteiger partial charge in [0, 0.05) is 22.7 Å². The molecule has 1 N–H and O–H groups in total. The van der Waals surface area contributed by atoms with Crippen molar-refractivity contribution in [1.29, 1.82) is 0 Å². The van der Waals surface area contributed by atoms with Crippen molar-refractivity contribution in [1.82, 2.24) is 5.32 Å². The van der Waals surface area contributed by atoms with Crippen molar-refractivity contribution in [3.8, 4) is 0 Å². The molecule has 0 spiro atoms. The van der Waals surface area contributed by atoms with Crippen LogP contribution in [0.25, 0.3) is 0 Å². The largest absolute Gasteiger partial charge is 0.446 e. The van der Waals surface area contributed by atoms with Crippen molar-refractivity contribution in [2.24, 2.45) is 0 Å². The van der Waals surface area contributed by atoms with Gasteiger partial charge in [-0.3, -0.25) is 0 Å². The molecule has 1 aliphatic rings. The van der Waals surface area contributed by atoms with Crippen molar-refractivity contribution in [2.45, 2.75) is 53.9 Å². The van der Waals surface area contributed by atoms with Crippen LogP contribution >= 0.6 is 23.5 Å². The van der Waals surface area contributed by atoms with E-state index in [1.54, 1.807) is 24.3 Å². The van der Waals surface area contributed by atoms with Gasteiger partial charge < -0.3 is 5.32 Å². The normalized spacial score (nSPS) is 23.2. The Morgan fingerprint density at radius 3 is 2.43 bits per heavy atom. The Hall–Kier alpha value is -0.330. The van der Waals surface area contributed by atoms with Crippen LogP contribution in [0.4, 0.5) is 13.2 Å². The molecule has 1 saturated carbocycles. The second kappa shape index (κ2) is 7.79. The number of halogens is 3. The van der Waals surface area contributed by atoms with Crippen LogP contribution in [0.3, 0.4) is 0 Å². The molecule has 6 heteroatoms. The van der Waals surface area contributed by atoms with E-state index < -0.39 is 5.51 Å². The quantitative estimate of drug-likeness (QED) is 0.755. The Balaban J connectivity index is 1.85. The maximum Gasteiger partial charge on any atom is 0.446 e. The Kier molecular flexibility index (Phi) is 6.32. The minimum absolute atomic E-state index is 0.0641. The Morgan fingerprint density at radius 1 is 1.14 bits per heavy atom. The third-order valence-corrected chi connectivity index (χ3v) is 5.64. The fourth-order valence-electron chi connectivity index (χ4n) is 2.67. The first-order chi connectivity index (χ1) is 9.98. The zero-order chi connectivity index (χ0) is 15.3. The second-order valence-electron chi connectivity index (χ2n) is 5.24. The smallest absolute Gasteiger partial charge is 0.309 e. The Labute approximate surface area is 132 Å². The molecular weight excluding hydrogens is 315 g/mol. The summed E-state index contributed by atoms with van der Waals surface area (Å²) >= 11 is 1.84. The topological polar surface area (TPSA) is 12.0 Å². The summed E-state index contributed by atoms with van der Waals surface area (Å²) in [7, 11) is 0. The predicted molar refractivity (Wildman–Crippen MR) is 84.8 cm³/mol. The standard InChI is InChI=1S/C15H20F3NS2/c1-20-14-5-3-2-4-13(14)19-10-11-6-8-12(9-7-11)21-15(16,17)18/h6-9,13-14,19H,2-5,10H2,1H3. The average Bonchev–Trinajstić information content (AvgIpc) is 2.45. The van der Waals surface area contributed by atoms with E-state index in [4.69, 9.17) is 0 Å². The van der Waals surface area contributed by atoms with Gasteiger partial charge in [0.1, 0.15) is 0 Å². The highest BCUT2D eigenvalue weighted by atomic mass is 32.2. The number of hydrogen-bond donors (Lipinski definition) is 1. The van der Waals surface area contributed by atoms with Crippen molar-refractivity contribution in [2.75, 3.05) is 6.26 Å². The van der Waals surface area contributed by atoms with Crippen molar-refractivity contribution < 1.29 is 13.2 Å². The van der Waals surface area contributed by atoms with E-state index in [2.05, 4.69) is 11.6 Å². The number of thioether (sulfide) groups is 2.